The van der Waals surface area contributed by atoms with E-state index in [1.54, 1.807) is 43.0 Å². The number of amides is 1. The monoisotopic (exact) mass is 489 g/mol. The van der Waals surface area contributed by atoms with Crippen LogP contribution in [0, 0.1) is 0 Å². The zero-order valence-corrected chi connectivity index (χ0v) is 20.4. The third-order valence-electron chi connectivity index (χ3n) is 5.39. The largest absolute Gasteiger partial charge is 0.390 e. The van der Waals surface area contributed by atoms with Crippen molar-refractivity contribution in [1.82, 2.24) is 19.7 Å². The van der Waals surface area contributed by atoms with Gasteiger partial charge in [0.25, 0.3) is 5.91 Å². The summed E-state index contributed by atoms with van der Waals surface area (Å²) in [5.41, 5.74) is 4.00. The van der Waals surface area contributed by atoms with E-state index in [1.165, 1.54) is 11.3 Å². The van der Waals surface area contributed by atoms with E-state index in [0.717, 1.165) is 32.6 Å². The summed E-state index contributed by atoms with van der Waals surface area (Å²) in [5, 5.41) is 25.3. The van der Waals surface area contributed by atoms with Crippen molar-refractivity contribution in [3.8, 4) is 21.7 Å². The Labute approximate surface area is 204 Å². The van der Waals surface area contributed by atoms with E-state index >= 15 is 0 Å². The van der Waals surface area contributed by atoms with Gasteiger partial charge in [-0.2, -0.15) is 16.4 Å². The summed E-state index contributed by atoms with van der Waals surface area (Å²) < 4.78 is 1.84. The molecule has 0 bridgehead atoms. The van der Waals surface area contributed by atoms with E-state index in [0.29, 0.717) is 24.3 Å². The molecule has 0 aliphatic rings. The smallest absolute Gasteiger partial charge is 0.275 e. The maximum absolute atomic E-state index is 13.1. The fourth-order valence-corrected chi connectivity index (χ4v) is 5.04. The average Bonchev–Trinajstić information content (AvgIpc) is 3.57. The number of carbonyl (C=O) groups excluding carboxylic acids is 1. The van der Waals surface area contributed by atoms with Crippen molar-refractivity contribution in [2.75, 3.05) is 5.32 Å². The first kappa shape index (κ1) is 22.4. The molecule has 0 spiro atoms. The molecule has 34 heavy (non-hydrogen) atoms. The van der Waals surface area contributed by atoms with Crippen LogP contribution in [0.5, 0.6) is 0 Å². The number of aryl methyl sites for hydroxylation is 1. The molecule has 0 saturated carbocycles. The summed E-state index contributed by atoms with van der Waals surface area (Å²) in [6.45, 7) is 4.18. The minimum absolute atomic E-state index is 0.262. The van der Waals surface area contributed by atoms with E-state index in [-0.39, 0.29) is 5.91 Å². The lowest BCUT2D eigenvalue weighted by atomic mass is 10.0. The molecule has 0 radical (unpaired) electrons. The number of aromatic nitrogens is 4. The molecule has 5 rings (SSSR count). The first-order chi connectivity index (χ1) is 16.4. The Morgan fingerprint density at radius 2 is 1.97 bits per heavy atom. The van der Waals surface area contributed by atoms with E-state index in [1.807, 2.05) is 52.0 Å². The van der Waals surface area contributed by atoms with Crippen molar-refractivity contribution in [1.29, 1.82) is 0 Å². The fraction of sp³-hybridized carbons (Fsp3) is 0.200. The summed E-state index contributed by atoms with van der Waals surface area (Å²) in [7, 11) is 0. The van der Waals surface area contributed by atoms with Gasteiger partial charge in [-0.3, -0.25) is 14.5 Å². The van der Waals surface area contributed by atoms with Crippen molar-refractivity contribution in [3.63, 3.8) is 0 Å². The summed E-state index contributed by atoms with van der Waals surface area (Å²) in [4.78, 5) is 21.7. The van der Waals surface area contributed by atoms with Crippen LogP contribution in [0.3, 0.4) is 0 Å². The van der Waals surface area contributed by atoms with Gasteiger partial charge in [-0.05, 0) is 66.9 Å². The lowest BCUT2D eigenvalue weighted by Crippen LogP contribution is -2.21. The standard InChI is InChI=1S/C25H23N5O2S2/c1-25(2,32)6-9-30-13-18-11-21(19(12-20(18)29-30)17-5-10-33-14-17)27-23(31)22-15-34-24(28-22)16-3-7-26-8-4-16/h3-5,7-8,10-15,32H,6,9H2,1-2H3,(H,27,31). The Bertz CT molecular complexity index is 1430. The highest BCUT2D eigenvalue weighted by atomic mass is 32.1. The highest BCUT2D eigenvalue weighted by Gasteiger charge is 2.17. The minimum Gasteiger partial charge on any atom is -0.390 e. The van der Waals surface area contributed by atoms with Gasteiger partial charge in [0.1, 0.15) is 10.7 Å². The number of hydrogen-bond donors (Lipinski definition) is 2. The first-order valence-corrected chi connectivity index (χ1v) is 12.6. The summed E-state index contributed by atoms with van der Waals surface area (Å²) >= 11 is 3.02. The molecule has 7 nitrogen and oxygen atoms in total. The maximum Gasteiger partial charge on any atom is 0.275 e. The molecular weight excluding hydrogens is 466 g/mol. The zero-order valence-electron chi connectivity index (χ0n) is 18.7. The van der Waals surface area contributed by atoms with Gasteiger partial charge in [-0.1, -0.05) is 0 Å². The quantitative estimate of drug-likeness (QED) is 0.306. The van der Waals surface area contributed by atoms with Crippen molar-refractivity contribution >= 4 is 45.2 Å². The highest BCUT2D eigenvalue weighted by molar-refractivity contribution is 7.13. The van der Waals surface area contributed by atoms with E-state index in [9.17, 15) is 9.90 Å². The van der Waals surface area contributed by atoms with Crippen molar-refractivity contribution in [3.05, 3.63) is 70.8 Å². The molecule has 1 aromatic carbocycles. The third-order valence-corrected chi connectivity index (χ3v) is 6.96. The molecule has 9 heteroatoms. The lowest BCUT2D eigenvalue weighted by molar-refractivity contribution is 0.0651. The molecule has 4 aromatic heterocycles. The predicted molar refractivity (Wildman–Crippen MR) is 137 cm³/mol. The summed E-state index contributed by atoms with van der Waals surface area (Å²) in [6.07, 6.45) is 5.95. The van der Waals surface area contributed by atoms with Crippen LogP contribution in [0.2, 0.25) is 0 Å². The fourth-order valence-electron chi connectivity index (χ4n) is 3.58. The van der Waals surface area contributed by atoms with Gasteiger partial charge in [0.05, 0.1) is 11.1 Å². The van der Waals surface area contributed by atoms with Crippen molar-refractivity contribution in [2.45, 2.75) is 32.4 Å². The number of anilines is 1. The molecule has 0 atom stereocenters. The Morgan fingerprint density at radius 3 is 2.71 bits per heavy atom. The number of thiazole rings is 1. The van der Waals surface area contributed by atoms with Gasteiger partial charge in [0, 0.05) is 52.7 Å². The predicted octanol–water partition coefficient (Wildman–Crippen LogP) is 5.70. The molecule has 0 fully saturated rings. The molecule has 0 aliphatic carbocycles. The zero-order chi connectivity index (χ0) is 23.7. The van der Waals surface area contributed by atoms with Gasteiger partial charge in [0.2, 0.25) is 0 Å². The van der Waals surface area contributed by atoms with Gasteiger partial charge >= 0.3 is 0 Å². The number of pyridine rings is 1. The molecule has 2 N–H and O–H groups in total. The second-order valence-corrected chi connectivity index (χ2v) is 10.3. The van der Waals surface area contributed by atoms with Crippen LogP contribution in [0.4, 0.5) is 5.69 Å². The Balaban J connectivity index is 1.46. The third kappa shape index (κ3) is 4.91. The number of carbonyl (C=O) groups is 1. The number of thiophene rings is 1. The van der Waals surface area contributed by atoms with E-state index < -0.39 is 5.60 Å². The number of rotatable bonds is 7. The van der Waals surface area contributed by atoms with Gasteiger partial charge in [0.15, 0.2) is 0 Å². The Morgan fingerprint density at radius 1 is 1.15 bits per heavy atom. The lowest BCUT2D eigenvalue weighted by Gasteiger charge is -2.16. The molecule has 5 aromatic rings. The number of hydrogen-bond acceptors (Lipinski definition) is 7. The first-order valence-electron chi connectivity index (χ1n) is 10.8. The second-order valence-electron chi connectivity index (χ2n) is 8.65. The summed E-state index contributed by atoms with van der Waals surface area (Å²) in [6, 6.07) is 9.72. The molecule has 0 saturated heterocycles. The van der Waals surface area contributed by atoms with Crippen LogP contribution in [0.1, 0.15) is 30.8 Å². The Kier molecular flexibility index (Phi) is 5.99. The van der Waals surface area contributed by atoms with Crippen LogP contribution in [-0.2, 0) is 6.54 Å². The van der Waals surface area contributed by atoms with E-state index in [4.69, 9.17) is 0 Å². The van der Waals surface area contributed by atoms with Crippen molar-refractivity contribution in [2.24, 2.45) is 0 Å². The Hall–Kier alpha value is -3.40. The molecule has 1 amide bonds. The normalized spacial score (nSPS) is 11.7. The molecule has 4 heterocycles. The van der Waals surface area contributed by atoms with E-state index in [2.05, 4.69) is 20.4 Å². The molecule has 172 valence electrons. The minimum atomic E-state index is -0.762. The van der Waals surface area contributed by atoms with Crippen LogP contribution in [0.25, 0.3) is 32.6 Å². The SMILES string of the molecule is CC(C)(O)CCn1cc2cc(NC(=O)c3csc(-c4ccncc4)n3)c(-c3ccsc3)cc2n1. The van der Waals surface area contributed by atoms with Gasteiger partial charge in [-0.25, -0.2) is 4.98 Å². The average molecular weight is 490 g/mol. The van der Waals surface area contributed by atoms with Crippen molar-refractivity contribution < 1.29 is 9.90 Å². The summed E-state index contributed by atoms with van der Waals surface area (Å²) in [5.74, 6) is -0.262. The van der Waals surface area contributed by atoms with Crippen LogP contribution >= 0.6 is 22.7 Å². The second kappa shape index (κ2) is 9.09. The van der Waals surface area contributed by atoms with Crippen LogP contribution < -0.4 is 5.32 Å². The van der Waals surface area contributed by atoms with Gasteiger partial charge in [-0.15, -0.1) is 11.3 Å². The number of fused-ring (bicyclic) bond motifs is 1. The van der Waals surface area contributed by atoms with Gasteiger partial charge < -0.3 is 10.4 Å². The number of nitrogens with zero attached hydrogens (tertiary/aromatic N) is 4. The number of nitrogens with one attached hydrogen (secondary N) is 1. The van der Waals surface area contributed by atoms with Crippen LogP contribution in [0.15, 0.2) is 65.1 Å². The number of benzene rings is 1. The maximum atomic E-state index is 13.1. The number of aliphatic hydroxyl groups is 1. The highest BCUT2D eigenvalue weighted by Crippen LogP contribution is 2.34. The van der Waals surface area contributed by atoms with Crippen LogP contribution in [-0.4, -0.2) is 36.4 Å². The molecular formula is C25H23N5O2S2. The molecule has 0 unspecified atom stereocenters. The molecule has 0 aliphatic heterocycles. The topological polar surface area (TPSA) is 92.9 Å².